The number of anilines is 1. The number of ether oxygens (including phenoxy) is 2. The van der Waals surface area contributed by atoms with E-state index in [9.17, 15) is 13.2 Å². The zero-order chi connectivity index (χ0) is 21.4. The molecular weight excluding hydrogens is 416 g/mol. The van der Waals surface area contributed by atoms with Crippen LogP contribution in [0.4, 0.5) is 5.69 Å². The van der Waals surface area contributed by atoms with E-state index in [0.717, 1.165) is 16.1 Å². The molecule has 29 heavy (non-hydrogen) atoms. The molecule has 0 heterocycles. The number of benzene rings is 2. The number of hydrogen-bond acceptors (Lipinski definition) is 5. The molecule has 0 unspecified atom stereocenters. The van der Waals surface area contributed by atoms with Gasteiger partial charge in [-0.1, -0.05) is 29.8 Å². The number of hydrogen-bond donors (Lipinski definition) is 1. The number of aryl methyl sites for hydroxylation is 1. The molecule has 2 aromatic carbocycles. The van der Waals surface area contributed by atoms with E-state index in [1.165, 1.54) is 0 Å². The van der Waals surface area contributed by atoms with E-state index in [1.807, 2.05) is 13.0 Å². The first-order valence-corrected chi connectivity index (χ1v) is 11.3. The van der Waals surface area contributed by atoms with Crippen LogP contribution < -0.4 is 19.1 Å². The van der Waals surface area contributed by atoms with E-state index >= 15 is 0 Å². The number of rotatable bonds is 10. The summed E-state index contributed by atoms with van der Waals surface area (Å²) in [5, 5.41) is 3.26. The molecule has 7 nitrogen and oxygen atoms in total. The van der Waals surface area contributed by atoms with Gasteiger partial charge in [0.05, 0.1) is 25.1 Å². The number of halogens is 1. The Balaban J connectivity index is 1.96. The van der Waals surface area contributed by atoms with Crippen molar-refractivity contribution >= 4 is 33.2 Å². The molecule has 0 atom stereocenters. The molecule has 0 radical (unpaired) electrons. The maximum Gasteiger partial charge on any atom is 0.240 e. The second kappa shape index (κ2) is 10.4. The Morgan fingerprint density at radius 2 is 1.90 bits per heavy atom. The smallest absolute Gasteiger partial charge is 0.240 e. The number of para-hydroxylation sites is 2. The van der Waals surface area contributed by atoms with Crippen molar-refractivity contribution < 1.29 is 22.7 Å². The molecule has 0 fully saturated rings. The van der Waals surface area contributed by atoms with Gasteiger partial charge in [-0.15, -0.1) is 0 Å². The van der Waals surface area contributed by atoms with Gasteiger partial charge < -0.3 is 14.8 Å². The summed E-state index contributed by atoms with van der Waals surface area (Å²) < 4.78 is 36.6. The minimum absolute atomic E-state index is 0.217. The quantitative estimate of drug-likeness (QED) is 0.574. The largest absolute Gasteiger partial charge is 0.492 e. The number of amides is 1. The summed E-state index contributed by atoms with van der Waals surface area (Å²) in [5.74, 6) is 0.540. The third-order valence-corrected chi connectivity index (χ3v) is 5.49. The summed E-state index contributed by atoms with van der Waals surface area (Å²) in [7, 11) is -3.69. The summed E-state index contributed by atoms with van der Waals surface area (Å²) in [6.07, 6.45) is 1.05. The Labute approximate surface area is 176 Å². The molecule has 2 aromatic rings. The van der Waals surface area contributed by atoms with Crippen molar-refractivity contribution in [3.8, 4) is 11.5 Å². The van der Waals surface area contributed by atoms with Crippen molar-refractivity contribution in [3.05, 3.63) is 53.1 Å². The van der Waals surface area contributed by atoms with Gasteiger partial charge in [-0.3, -0.25) is 9.10 Å². The van der Waals surface area contributed by atoms with E-state index in [1.54, 1.807) is 43.3 Å². The summed E-state index contributed by atoms with van der Waals surface area (Å²) in [6, 6.07) is 12.0. The highest BCUT2D eigenvalue weighted by molar-refractivity contribution is 7.92. The predicted octanol–water partition coefficient (Wildman–Crippen LogP) is 3.01. The van der Waals surface area contributed by atoms with E-state index < -0.39 is 15.9 Å². The van der Waals surface area contributed by atoms with Crippen LogP contribution in [0.2, 0.25) is 5.02 Å². The first-order chi connectivity index (χ1) is 13.7. The molecule has 0 aliphatic carbocycles. The van der Waals surface area contributed by atoms with Crippen molar-refractivity contribution in [1.82, 2.24) is 5.32 Å². The average molecular weight is 441 g/mol. The van der Waals surface area contributed by atoms with Crippen molar-refractivity contribution in [3.63, 3.8) is 0 Å². The van der Waals surface area contributed by atoms with Crippen LogP contribution in [-0.4, -0.2) is 46.9 Å². The van der Waals surface area contributed by atoms with Crippen LogP contribution in [0.25, 0.3) is 0 Å². The zero-order valence-electron chi connectivity index (χ0n) is 16.6. The topological polar surface area (TPSA) is 84.9 Å². The molecule has 0 aromatic heterocycles. The Morgan fingerprint density at radius 1 is 1.17 bits per heavy atom. The summed E-state index contributed by atoms with van der Waals surface area (Å²) in [5.41, 5.74) is 1.26. The second-order valence-corrected chi connectivity index (χ2v) is 8.59. The summed E-state index contributed by atoms with van der Waals surface area (Å²) in [4.78, 5) is 12.3. The van der Waals surface area contributed by atoms with Crippen LogP contribution in [0, 0.1) is 6.92 Å². The van der Waals surface area contributed by atoms with Crippen molar-refractivity contribution in [2.24, 2.45) is 0 Å². The standard InChI is InChI=1S/C20H25ClN2O5S/c1-4-27-19-8-6-5-7-18(19)23(29(3,25)26)14-20(24)22-11-12-28-16-10-9-15(2)17(21)13-16/h5-10,13H,4,11-12,14H2,1-3H3,(H,22,24). The maximum absolute atomic E-state index is 12.3. The van der Waals surface area contributed by atoms with Crippen LogP contribution in [0.1, 0.15) is 12.5 Å². The highest BCUT2D eigenvalue weighted by Gasteiger charge is 2.23. The number of nitrogens with zero attached hydrogens (tertiary/aromatic N) is 1. The molecule has 0 saturated heterocycles. The lowest BCUT2D eigenvalue weighted by molar-refractivity contribution is -0.119. The highest BCUT2D eigenvalue weighted by atomic mass is 35.5. The van der Waals surface area contributed by atoms with Crippen molar-refractivity contribution in [2.75, 3.05) is 36.9 Å². The maximum atomic E-state index is 12.3. The van der Waals surface area contributed by atoms with Gasteiger partial charge in [0.2, 0.25) is 15.9 Å². The van der Waals surface area contributed by atoms with Crippen LogP contribution in [0.5, 0.6) is 11.5 Å². The Hall–Kier alpha value is -2.45. The highest BCUT2D eigenvalue weighted by Crippen LogP contribution is 2.29. The normalized spacial score (nSPS) is 11.0. The molecule has 0 aliphatic heterocycles. The summed E-state index contributed by atoms with van der Waals surface area (Å²) >= 11 is 6.05. The molecule has 0 bridgehead atoms. The molecular formula is C20H25ClN2O5S. The fourth-order valence-electron chi connectivity index (χ4n) is 2.53. The number of sulfonamides is 1. The van der Waals surface area contributed by atoms with Crippen molar-refractivity contribution in [1.29, 1.82) is 0 Å². The second-order valence-electron chi connectivity index (χ2n) is 6.28. The molecule has 1 amide bonds. The van der Waals surface area contributed by atoms with Gasteiger partial charge in [0.15, 0.2) is 0 Å². The van der Waals surface area contributed by atoms with Crippen LogP contribution in [-0.2, 0) is 14.8 Å². The fraction of sp³-hybridized carbons (Fsp3) is 0.350. The van der Waals surface area contributed by atoms with E-state index in [0.29, 0.717) is 28.8 Å². The van der Waals surface area contributed by atoms with Crippen LogP contribution in [0.15, 0.2) is 42.5 Å². The summed E-state index contributed by atoms with van der Waals surface area (Å²) in [6.45, 7) is 4.15. The molecule has 2 rings (SSSR count). The molecule has 0 saturated carbocycles. The number of carbonyl (C=O) groups excluding carboxylic acids is 1. The molecule has 0 spiro atoms. The van der Waals surface area contributed by atoms with Gasteiger partial charge in [-0.2, -0.15) is 0 Å². The Morgan fingerprint density at radius 3 is 2.55 bits per heavy atom. The minimum atomic E-state index is -3.69. The van der Waals surface area contributed by atoms with E-state index in [-0.39, 0.29) is 19.7 Å². The van der Waals surface area contributed by atoms with Gasteiger partial charge in [-0.05, 0) is 43.7 Å². The lowest BCUT2D eigenvalue weighted by Gasteiger charge is -2.24. The first kappa shape index (κ1) is 22.8. The average Bonchev–Trinajstić information content (AvgIpc) is 2.66. The minimum Gasteiger partial charge on any atom is -0.492 e. The van der Waals surface area contributed by atoms with E-state index in [4.69, 9.17) is 21.1 Å². The van der Waals surface area contributed by atoms with Gasteiger partial charge >= 0.3 is 0 Å². The Bertz CT molecular complexity index is 950. The molecule has 1 N–H and O–H groups in total. The Kier molecular flexibility index (Phi) is 8.16. The van der Waals surface area contributed by atoms with Crippen molar-refractivity contribution in [2.45, 2.75) is 13.8 Å². The van der Waals surface area contributed by atoms with Crippen LogP contribution >= 0.6 is 11.6 Å². The molecule has 158 valence electrons. The number of carbonyl (C=O) groups is 1. The predicted molar refractivity (Wildman–Crippen MR) is 114 cm³/mol. The lowest BCUT2D eigenvalue weighted by Crippen LogP contribution is -2.41. The third-order valence-electron chi connectivity index (χ3n) is 3.96. The zero-order valence-corrected chi connectivity index (χ0v) is 18.2. The van der Waals surface area contributed by atoms with Gasteiger partial charge in [-0.25, -0.2) is 8.42 Å². The fourth-order valence-corrected chi connectivity index (χ4v) is 3.56. The van der Waals surface area contributed by atoms with Crippen LogP contribution in [0.3, 0.4) is 0 Å². The number of nitrogens with one attached hydrogen (secondary N) is 1. The lowest BCUT2D eigenvalue weighted by atomic mass is 10.2. The SMILES string of the molecule is CCOc1ccccc1N(CC(=O)NCCOc1ccc(C)c(Cl)c1)S(C)(=O)=O. The molecule has 0 aliphatic rings. The van der Waals surface area contributed by atoms with E-state index in [2.05, 4.69) is 5.32 Å². The van der Waals surface area contributed by atoms with Gasteiger partial charge in [0.1, 0.15) is 24.7 Å². The third kappa shape index (κ3) is 6.83. The van der Waals surface area contributed by atoms with Gasteiger partial charge in [0.25, 0.3) is 0 Å². The first-order valence-electron chi connectivity index (χ1n) is 9.07. The van der Waals surface area contributed by atoms with Gasteiger partial charge in [0, 0.05) is 5.02 Å². The molecule has 9 heteroatoms. The monoisotopic (exact) mass is 440 g/mol.